The number of Topliss-reactive ketones (excluding diaryl/α,β-unsaturated/α-hetero) is 1. The van der Waals surface area contributed by atoms with Gasteiger partial charge in [0.05, 0.1) is 24.1 Å². The van der Waals surface area contributed by atoms with Gasteiger partial charge in [-0.05, 0) is 25.8 Å². The van der Waals surface area contributed by atoms with Crippen molar-refractivity contribution in [3.05, 3.63) is 23.5 Å². The minimum atomic E-state index is -4.82. The predicted molar refractivity (Wildman–Crippen MR) is 82.7 cm³/mol. The number of pyridine rings is 1. The monoisotopic (exact) mass is 371 g/mol. The molecule has 0 spiro atoms. The molecule has 1 aromatic rings. The highest BCUT2D eigenvalue weighted by Gasteiger charge is 2.35. The summed E-state index contributed by atoms with van der Waals surface area (Å²) in [7, 11) is 0. The molecule has 0 aliphatic heterocycles. The van der Waals surface area contributed by atoms with Crippen LogP contribution >= 0.6 is 0 Å². The van der Waals surface area contributed by atoms with Gasteiger partial charge in [-0.25, -0.2) is 4.98 Å². The summed E-state index contributed by atoms with van der Waals surface area (Å²) in [6, 6.07) is 1.85. The van der Waals surface area contributed by atoms with E-state index in [0.717, 1.165) is 6.20 Å². The number of amides is 1. The van der Waals surface area contributed by atoms with Crippen LogP contribution in [0.15, 0.2) is 12.3 Å². The maximum Gasteiger partial charge on any atom is 0.419 e. The average molecular weight is 371 g/mol. The maximum atomic E-state index is 12.8. The van der Waals surface area contributed by atoms with Crippen LogP contribution in [0.1, 0.15) is 43.9 Å². The number of nitrogens with zero attached hydrogens (tertiary/aromatic N) is 2. The van der Waals surface area contributed by atoms with Crippen LogP contribution in [0.2, 0.25) is 0 Å². The molecule has 0 unspecified atom stereocenters. The Kier molecular flexibility index (Phi) is 7.71. The number of alkyl halides is 3. The molecular formula is C16H16F3N3O4. The van der Waals surface area contributed by atoms with Gasteiger partial charge < -0.3 is 10.1 Å². The zero-order valence-corrected chi connectivity index (χ0v) is 13.9. The molecule has 0 radical (unpaired) electrons. The lowest BCUT2D eigenvalue weighted by molar-refractivity contribution is -0.143. The molecule has 7 nitrogen and oxygen atoms in total. The van der Waals surface area contributed by atoms with E-state index in [1.807, 2.05) is 5.32 Å². The molecule has 1 aromatic heterocycles. The van der Waals surface area contributed by atoms with E-state index in [2.05, 4.69) is 4.98 Å². The van der Waals surface area contributed by atoms with Crippen molar-refractivity contribution in [1.29, 1.82) is 5.26 Å². The van der Waals surface area contributed by atoms with Crippen LogP contribution in [-0.4, -0.2) is 29.3 Å². The van der Waals surface area contributed by atoms with E-state index in [4.69, 9.17) is 10.00 Å². The molecule has 0 aliphatic rings. The van der Waals surface area contributed by atoms with Gasteiger partial charge in [0, 0.05) is 12.8 Å². The Hall–Kier alpha value is -2.96. The molecule has 0 saturated carbocycles. The normalized spacial score (nSPS) is 10.7. The summed E-state index contributed by atoms with van der Waals surface area (Å²) < 4.78 is 43.2. The van der Waals surface area contributed by atoms with Crippen LogP contribution in [0, 0.1) is 11.3 Å². The van der Waals surface area contributed by atoms with Crippen LogP contribution < -0.4 is 5.32 Å². The number of unbranched alkanes of at least 4 members (excludes halogenated alkanes) is 1. The van der Waals surface area contributed by atoms with Gasteiger partial charge in [0.1, 0.15) is 6.07 Å². The second kappa shape index (κ2) is 9.50. The molecule has 0 aliphatic carbocycles. The lowest BCUT2D eigenvalue weighted by atomic mass is 10.1. The predicted octanol–water partition coefficient (Wildman–Crippen LogP) is 2.60. The number of ketones is 1. The number of esters is 1. The number of anilines is 1. The fraction of sp³-hybridized carbons (Fsp3) is 0.438. The third kappa shape index (κ3) is 6.51. The SMILES string of the molecule is CCOC(=O)CCCCC(=O)C(=O)Nc1cnc(C#N)c(C(F)(F)F)c1. The van der Waals surface area contributed by atoms with E-state index >= 15 is 0 Å². The van der Waals surface area contributed by atoms with E-state index in [1.165, 1.54) is 6.07 Å². The summed E-state index contributed by atoms with van der Waals surface area (Å²) in [5, 5.41) is 10.7. The van der Waals surface area contributed by atoms with Gasteiger partial charge in [-0.2, -0.15) is 18.4 Å². The van der Waals surface area contributed by atoms with Crippen LogP contribution in [0.3, 0.4) is 0 Å². The van der Waals surface area contributed by atoms with Crippen LogP contribution in [0.25, 0.3) is 0 Å². The summed E-state index contributed by atoms with van der Waals surface area (Å²) in [5.74, 6) is -2.35. The fourth-order valence-corrected chi connectivity index (χ4v) is 1.94. The molecule has 0 atom stereocenters. The zero-order chi connectivity index (χ0) is 19.7. The number of hydrogen-bond donors (Lipinski definition) is 1. The first-order chi connectivity index (χ1) is 12.2. The number of halogens is 3. The molecule has 1 heterocycles. The largest absolute Gasteiger partial charge is 0.466 e. The summed E-state index contributed by atoms with van der Waals surface area (Å²) >= 11 is 0. The Bertz CT molecular complexity index is 726. The molecule has 0 fully saturated rings. The molecule has 0 aromatic carbocycles. The van der Waals surface area contributed by atoms with Crippen molar-refractivity contribution in [3.63, 3.8) is 0 Å². The topological polar surface area (TPSA) is 109 Å². The summed E-state index contributed by atoms with van der Waals surface area (Å²) in [4.78, 5) is 37.9. The van der Waals surface area contributed by atoms with Crippen molar-refractivity contribution in [2.24, 2.45) is 0 Å². The number of ether oxygens (including phenoxy) is 1. The van der Waals surface area contributed by atoms with Gasteiger partial charge in [0.15, 0.2) is 5.69 Å². The molecule has 1 amide bonds. The van der Waals surface area contributed by atoms with Crippen molar-refractivity contribution < 1.29 is 32.3 Å². The molecule has 0 bridgehead atoms. The molecule has 26 heavy (non-hydrogen) atoms. The van der Waals surface area contributed by atoms with Crippen molar-refractivity contribution in [3.8, 4) is 6.07 Å². The molecule has 0 saturated heterocycles. The highest BCUT2D eigenvalue weighted by Crippen LogP contribution is 2.32. The zero-order valence-electron chi connectivity index (χ0n) is 13.9. The van der Waals surface area contributed by atoms with Gasteiger partial charge >= 0.3 is 12.1 Å². The second-order valence-electron chi connectivity index (χ2n) is 5.12. The van der Waals surface area contributed by atoms with Crippen LogP contribution in [-0.2, 0) is 25.3 Å². The van der Waals surface area contributed by atoms with E-state index in [-0.39, 0.29) is 31.6 Å². The van der Waals surface area contributed by atoms with Crippen molar-refractivity contribution >= 4 is 23.3 Å². The lowest BCUT2D eigenvalue weighted by Crippen LogP contribution is -2.23. The van der Waals surface area contributed by atoms with Gasteiger partial charge in [-0.15, -0.1) is 0 Å². The highest BCUT2D eigenvalue weighted by molar-refractivity contribution is 6.40. The number of aromatic nitrogens is 1. The fourth-order valence-electron chi connectivity index (χ4n) is 1.94. The number of carbonyl (C=O) groups is 3. The minimum absolute atomic E-state index is 0.108. The Morgan fingerprint density at radius 1 is 1.27 bits per heavy atom. The first-order valence-corrected chi connectivity index (χ1v) is 7.66. The highest BCUT2D eigenvalue weighted by atomic mass is 19.4. The smallest absolute Gasteiger partial charge is 0.419 e. The number of nitrogens with one attached hydrogen (secondary N) is 1. The van der Waals surface area contributed by atoms with Crippen molar-refractivity contribution in [1.82, 2.24) is 4.98 Å². The summed E-state index contributed by atoms with van der Waals surface area (Å²) in [5.41, 5.74) is -2.48. The first kappa shape index (κ1) is 21.1. The summed E-state index contributed by atoms with van der Waals surface area (Å²) in [6.07, 6.45) is -3.42. The number of carbonyl (C=O) groups excluding carboxylic acids is 3. The molecule has 1 N–H and O–H groups in total. The average Bonchev–Trinajstić information content (AvgIpc) is 2.57. The summed E-state index contributed by atoms with van der Waals surface area (Å²) in [6.45, 7) is 1.91. The van der Waals surface area contributed by atoms with Gasteiger partial charge in [0.25, 0.3) is 5.91 Å². The van der Waals surface area contributed by atoms with Gasteiger partial charge in [0.2, 0.25) is 5.78 Å². The standard InChI is InChI=1S/C16H16F3N3O4/c1-2-26-14(24)6-4-3-5-13(23)15(25)22-10-7-11(16(17,18)19)12(8-20)21-9-10/h7,9H,2-6H2,1H3,(H,22,25). The van der Waals surface area contributed by atoms with E-state index < -0.39 is 35.1 Å². The number of nitriles is 1. The molecular weight excluding hydrogens is 355 g/mol. The quantitative estimate of drug-likeness (QED) is 0.427. The molecule has 1 rings (SSSR count). The van der Waals surface area contributed by atoms with Crippen molar-refractivity contribution in [2.45, 2.75) is 38.8 Å². The minimum Gasteiger partial charge on any atom is -0.466 e. The Labute approximate surface area is 147 Å². The third-order valence-electron chi connectivity index (χ3n) is 3.15. The van der Waals surface area contributed by atoms with E-state index in [1.54, 1.807) is 6.92 Å². The van der Waals surface area contributed by atoms with Gasteiger partial charge in [-0.1, -0.05) is 0 Å². The van der Waals surface area contributed by atoms with Gasteiger partial charge in [-0.3, -0.25) is 14.4 Å². The van der Waals surface area contributed by atoms with E-state index in [0.29, 0.717) is 12.5 Å². The Balaban J connectivity index is 2.61. The number of hydrogen-bond acceptors (Lipinski definition) is 6. The molecule has 10 heteroatoms. The van der Waals surface area contributed by atoms with E-state index in [9.17, 15) is 27.6 Å². The number of rotatable bonds is 8. The second-order valence-corrected chi connectivity index (χ2v) is 5.12. The Morgan fingerprint density at radius 3 is 2.50 bits per heavy atom. The Morgan fingerprint density at radius 2 is 1.92 bits per heavy atom. The van der Waals surface area contributed by atoms with Crippen LogP contribution in [0.5, 0.6) is 0 Å². The molecule has 140 valence electrons. The van der Waals surface area contributed by atoms with Crippen molar-refractivity contribution in [2.75, 3.05) is 11.9 Å². The first-order valence-electron chi connectivity index (χ1n) is 7.66. The maximum absolute atomic E-state index is 12.8. The third-order valence-corrected chi connectivity index (χ3v) is 3.15. The van der Waals surface area contributed by atoms with Crippen LogP contribution in [0.4, 0.5) is 18.9 Å². The lowest BCUT2D eigenvalue weighted by Gasteiger charge is -2.10.